The Morgan fingerprint density at radius 1 is 1.07 bits per heavy atom. The molecule has 3 nitrogen and oxygen atoms in total. The predicted molar refractivity (Wildman–Crippen MR) is 116 cm³/mol. The lowest BCUT2D eigenvalue weighted by Crippen LogP contribution is -3.14. The average Bonchev–Trinajstić information content (AvgIpc) is 2.68. The van der Waals surface area contributed by atoms with E-state index in [1.54, 1.807) is 4.90 Å². The number of benzene rings is 1. The fraction of sp³-hybridized carbons (Fsp3) is 0.760. The van der Waals surface area contributed by atoms with Gasteiger partial charge in [-0.1, -0.05) is 57.5 Å². The van der Waals surface area contributed by atoms with Crippen molar-refractivity contribution < 1.29 is 14.7 Å². The van der Waals surface area contributed by atoms with E-state index in [0.717, 1.165) is 24.8 Å². The summed E-state index contributed by atoms with van der Waals surface area (Å²) in [7, 11) is 0. The van der Waals surface area contributed by atoms with E-state index in [1.165, 1.54) is 50.8 Å². The Labute approximate surface area is 172 Å². The minimum atomic E-state index is -0.328. The molecule has 1 saturated heterocycles. The van der Waals surface area contributed by atoms with Crippen molar-refractivity contribution in [2.45, 2.75) is 71.5 Å². The fourth-order valence-corrected chi connectivity index (χ4v) is 5.37. The number of rotatable bonds is 8. The van der Waals surface area contributed by atoms with Gasteiger partial charge in [0, 0.05) is 0 Å². The summed E-state index contributed by atoms with van der Waals surface area (Å²) in [6.45, 7) is 10.7. The summed E-state index contributed by atoms with van der Waals surface area (Å²) in [6, 6.07) is 10.9. The second kappa shape index (κ2) is 10.8. The highest BCUT2D eigenvalue weighted by molar-refractivity contribution is 5.15. The van der Waals surface area contributed by atoms with Crippen LogP contribution in [0.25, 0.3) is 0 Å². The topological polar surface area (TPSA) is 33.9 Å². The van der Waals surface area contributed by atoms with Crippen LogP contribution in [0.1, 0.15) is 58.4 Å². The van der Waals surface area contributed by atoms with Gasteiger partial charge in [0.1, 0.15) is 12.6 Å². The largest absolute Gasteiger partial charge is 0.385 e. The summed E-state index contributed by atoms with van der Waals surface area (Å²) >= 11 is 0. The Hall–Kier alpha value is -0.900. The zero-order valence-corrected chi connectivity index (χ0v) is 18.3. The van der Waals surface area contributed by atoms with Crippen molar-refractivity contribution in [1.29, 1.82) is 0 Å². The molecule has 0 radical (unpaired) electrons. The van der Waals surface area contributed by atoms with Gasteiger partial charge in [0.05, 0.1) is 25.8 Å². The van der Waals surface area contributed by atoms with Gasteiger partial charge in [-0.25, -0.2) is 0 Å². The summed E-state index contributed by atoms with van der Waals surface area (Å²) in [5.41, 5.74) is 1.46. The van der Waals surface area contributed by atoms with E-state index in [1.807, 2.05) is 0 Å². The highest BCUT2D eigenvalue weighted by atomic mass is 16.5. The molecule has 0 amide bonds. The van der Waals surface area contributed by atoms with E-state index in [2.05, 4.69) is 51.1 Å². The smallest absolute Gasteiger partial charge is 0.126 e. The number of nitrogens with one attached hydrogen (secondary N) is 1. The zero-order chi connectivity index (χ0) is 19.9. The van der Waals surface area contributed by atoms with Crippen molar-refractivity contribution in [3.63, 3.8) is 0 Å². The van der Waals surface area contributed by atoms with E-state index < -0.39 is 0 Å². The third kappa shape index (κ3) is 6.57. The molecular weight excluding hydrogens is 346 g/mol. The number of ether oxygens (including phenoxy) is 1. The minimum Gasteiger partial charge on any atom is -0.385 e. The second-order valence-corrected chi connectivity index (χ2v) is 9.94. The van der Waals surface area contributed by atoms with Crippen molar-refractivity contribution in [3.8, 4) is 0 Å². The maximum Gasteiger partial charge on any atom is 0.126 e. The molecule has 2 aliphatic rings. The molecule has 0 unspecified atom stereocenters. The van der Waals surface area contributed by atoms with Crippen molar-refractivity contribution in [2.75, 3.05) is 26.2 Å². The monoisotopic (exact) mass is 388 g/mol. The predicted octanol–water partition coefficient (Wildman–Crippen LogP) is 3.36. The molecule has 3 rings (SSSR count). The maximum atomic E-state index is 10.6. The molecule has 4 atom stereocenters. The van der Waals surface area contributed by atoms with E-state index in [9.17, 15) is 5.11 Å². The van der Waals surface area contributed by atoms with E-state index in [-0.39, 0.29) is 6.10 Å². The molecule has 3 heteroatoms. The van der Waals surface area contributed by atoms with Crippen LogP contribution in [-0.2, 0) is 11.2 Å². The average molecular weight is 389 g/mol. The number of aliphatic hydroxyl groups excluding tert-OH is 1. The summed E-state index contributed by atoms with van der Waals surface area (Å²) in [6.07, 6.45) is 7.52. The molecule has 0 bridgehead atoms. The molecule has 2 N–H and O–H groups in total. The van der Waals surface area contributed by atoms with Crippen LogP contribution in [0.2, 0.25) is 0 Å². The first-order chi connectivity index (χ1) is 13.5. The maximum absolute atomic E-state index is 10.6. The highest BCUT2D eigenvalue weighted by Gasteiger charge is 2.32. The van der Waals surface area contributed by atoms with E-state index >= 15 is 0 Å². The summed E-state index contributed by atoms with van der Waals surface area (Å²) in [5.74, 6) is 2.88. The molecule has 1 aliphatic heterocycles. The van der Waals surface area contributed by atoms with Crippen molar-refractivity contribution in [1.82, 2.24) is 0 Å². The van der Waals surface area contributed by atoms with Gasteiger partial charge < -0.3 is 14.7 Å². The van der Waals surface area contributed by atoms with Crippen LogP contribution in [-0.4, -0.2) is 43.6 Å². The lowest BCUT2D eigenvalue weighted by atomic mass is 9.75. The van der Waals surface area contributed by atoms with Crippen LogP contribution >= 0.6 is 0 Å². The second-order valence-electron chi connectivity index (χ2n) is 9.94. The first-order valence-corrected chi connectivity index (χ1v) is 11.7. The van der Waals surface area contributed by atoms with Crippen LogP contribution in [0.5, 0.6) is 0 Å². The van der Waals surface area contributed by atoms with Gasteiger partial charge in [-0.05, 0) is 61.3 Å². The number of hydrogen-bond donors (Lipinski definition) is 2. The molecule has 158 valence electrons. The van der Waals surface area contributed by atoms with Gasteiger partial charge in [-0.3, -0.25) is 0 Å². The van der Waals surface area contributed by atoms with Crippen LogP contribution in [0.4, 0.5) is 0 Å². The Kier molecular flexibility index (Phi) is 8.37. The van der Waals surface area contributed by atoms with Crippen LogP contribution in [0.3, 0.4) is 0 Å². The van der Waals surface area contributed by atoms with Crippen molar-refractivity contribution in [2.24, 2.45) is 23.7 Å². The van der Waals surface area contributed by atoms with E-state index in [0.29, 0.717) is 24.5 Å². The molecule has 0 aromatic heterocycles. The number of aliphatic hydroxyl groups is 1. The third-order valence-corrected chi connectivity index (χ3v) is 7.17. The number of likely N-dealkylation sites (tertiary alicyclic amines) is 1. The lowest BCUT2D eigenvalue weighted by molar-refractivity contribution is -0.909. The van der Waals surface area contributed by atoms with Crippen molar-refractivity contribution >= 4 is 0 Å². The lowest BCUT2D eigenvalue weighted by Gasteiger charge is -2.37. The first kappa shape index (κ1) is 21.8. The van der Waals surface area contributed by atoms with Gasteiger partial charge in [0.15, 0.2) is 0 Å². The molecule has 1 aromatic rings. The third-order valence-electron chi connectivity index (χ3n) is 7.17. The Balaban J connectivity index is 1.36. The molecule has 28 heavy (non-hydrogen) atoms. The first-order valence-electron chi connectivity index (χ1n) is 11.7. The fourth-order valence-electron chi connectivity index (χ4n) is 5.37. The normalized spacial score (nSPS) is 32.4. The van der Waals surface area contributed by atoms with Crippen LogP contribution in [0.15, 0.2) is 30.3 Å². The van der Waals surface area contributed by atoms with Gasteiger partial charge in [-0.15, -0.1) is 0 Å². The zero-order valence-electron chi connectivity index (χ0n) is 18.3. The quantitative estimate of drug-likeness (QED) is 0.716. The SMILES string of the molecule is CC(C)[C@H]1CC[C@@H](C)C[C@H]1OC[C@H](O)C[NH+]1CCC(Cc2ccccc2)CC1. The number of piperidine rings is 1. The molecule has 1 aliphatic carbocycles. The van der Waals surface area contributed by atoms with Gasteiger partial charge in [-0.2, -0.15) is 0 Å². The molecule has 1 aromatic carbocycles. The molecule has 1 heterocycles. The summed E-state index contributed by atoms with van der Waals surface area (Å²) < 4.78 is 6.27. The summed E-state index contributed by atoms with van der Waals surface area (Å²) in [5, 5.41) is 10.6. The highest BCUT2D eigenvalue weighted by Crippen LogP contribution is 2.35. The van der Waals surface area contributed by atoms with Crippen molar-refractivity contribution in [3.05, 3.63) is 35.9 Å². The van der Waals surface area contributed by atoms with Crippen LogP contribution < -0.4 is 4.90 Å². The standard InChI is InChI=1S/C25H41NO2/c1-19(2)24-10-9-20(3)15-25(24)28-18-23(27)17-26-13-11-22(12-14-26)16-21-7-5-4-6-8-21/h4-8,19-20,22-25,27H,9-18H2,1-3H3/p+1/t20-,23-,24-,25-/m1/s1. The summed E-state index contributed by atoms with van der Waals surface area (Å²) in [4.78, 5) is 1.55. The molecular formula is C25H42NO2+. The molecule has 1 saturated carbocycles. The number of quaternary nitrogens is 1. The van der Waals surface area contributed by atoms with Gasteiger partial charge in [0.2, 0.25) is 0 Å². The Morgan fingerprint density at radius 2 is 1.79 bits per heavy atom. The molecule has 2 fully saturated rings. The molecule has 0 spiro atoms. The Morgan fingerprint density at radius 3 is 2.46 bits per heavy atom. The van der Waals surface area contributed by atoms with E-state index in [4.69, 9.17) is 4.74 Å². The minimum absolute atomic E-state index is 0.328. The van der Waals surface area contributed by atoms with Gasteiger partial charge >= 0.3 is 0 Å². The Bertz CT molecular complexity index is 553. The number of hydrogen-bond acceptors (Lipinski definition) is 2. The van der Waals surface area contributed by atoms with Gasteiger partial charge in [0.25, 0.3) is 0 Å². The van der Waals surface area contributed by atoms with Crippen LogP contribution in [0, 0.1) is 23.7 Å².